The van der Waals surface area contributed by atoms with Crippen molar-refractivity contribution in [2.75, 3.05) is 0 Å². The molecule has 0 fully saturated rings. The van der Waals surface area contributed by atoms with Gasteiger partial charge in [0.1, 0.15) is 17.5 Å². The van der Waals surface area contributed by atoms with Crippen LogP contribution in [0.2, 0.25) is 0 Å². The van der Waals surface area contributed by atoms with Gasteiger partial charge in [0.05, 0.1) is 6.04 Å². The van der Waals surface area contributed by atoms with Crippen molar-refractivity contribution in [1.29, 1.82) is 0 Å². The van der Waals surface area contributed by atoms with E-state index < -0.39 is 35.9 Å². The van der Waals surface area contributed by atoms with E-state index in [0.717, 1.165) is 5.56 Å². The Bertz CT molecular complexity index is 939. The Hall–Kier alpha value is -3.72. The number of amides is 1. The van der Waals surface area contributed by atoms with Crippen molar-refractivity contribution < 1.29 is 33.8 Å². The number of nitrogens with one attached hydrogen (secondary N) is 1. The summed E-state index contributed by atoms with van der Waals surface area (Å²) in [5.74, 6) is -1.99. The van der Waals surface area contributed by atoms with Gasteiger partial charge in [0.15, 0.2) is 0 Å². The van der Waals surface area contributed by atoms with Crippen molar-refractivity contribution in [3.63, 3.8) is 0 Å². The Morgan fingerprint density at radius 3 is 1.65 bits per heavy atom. The second-order valence-electron chi connectivity index (χ2n) is 6.89. The van der Waals surface area contributed by atoms with Crippen molar-refractivity contribution >= 4 is 23.8 Å². The first-order valence-electron chi connectivity index (χ1n) is 9.47. The number of hydrogen-bond acceptors (Lipinski definition) is 7. The number of carbonyl (C=O) groups excluding carboxylic acids is 3. The van der Waals surface area contributed by atoms with Gasteiger partial charge in [0, 0.05) is 20.3 Å². The van der Waals surface area contributed by atoms with Crippen LogP contribution in [0.1, 0.15) is 25.0 Å². The van der Waals surface area contributed by atoms with Gasteiger partial charge in [-0.3, -0.25) is 14.4 Å². The van der Waals surface area contributed by atoms with E-state index in [1.54, 1.807) is 48.5 Å². The van der Waals surface area contributed by atoms with E-state index in [2.05, 4.69) is 5.32 Å². The van der Waals surface area contributed by atoms with Crippen molar-refractivity contribution in [3.8, 4) is 11.5 Å². The van der Waals surface area contributed by atoms with E-state index in [1.165, 1.54) is 13.8 Å². The summed E-state index contributed by atoms with van der Waals surface area (Å²) in [4.78, 5) is 45.9. The summed E-state index contributed by atoms with van der Waals surface area (Å²) >= 11 is 0. The molecule has 0 saturated heterocycles. The van der Waals surface area contributed by atoms with Crippen LogP contribution in [0.25, 0.3) is 0 Å². The number of carbonyl (C=O) groups is 4. The van der Waals surface area contributed by atoms with Gasteiger partial charge in [-0.05, 0) is 41.8 Å². The quantitative estimate of drug-likeness (QED) is 0.399. The first-order valence-corrected chi connectivity index (χ1v) is 9.47. The summed E-state index contributed by atoms with van der Waals surface area (Å²) in [6.45, 7) is 2.57. The third-order valence-corrected chi connectivity index (χ3v) is 4.22. The highest BCUT2D eigenvalue weighted by Gasteiger charge is 2.24. The van der Waals surface area contributed by atoms with Crippen LogP contribution in [0, 0.1) is 0 Å². The van der Waals surface area contributed by atoms with Crippen molar-refractivity contribution in [2.45, 2.75) is 38.8 Å². The standard InChI is InChI=1S/C22H24N2O7/c1-13(25)30-17-7-3-15(4-8-17)11-19(23)21(27)24-20(22(28)29)12-16-5-9-18(10-6-16)31-14(2)26/h3-10,19-20H,11-12,23H2,1-2H3,(H,24,27)(H,28,29)/t19-,20-/m0/s1. The third kappa shape index (κ3) is 7.90. The van der Waals surface area contributed by atoms with Gasteiger partial charge in [-0.1, -0.05) is 24.3 Å². The fraction of sp³-hybridized carbons (Fsp3) is 0.273. The van der Waals surface area contributed by atoms with E-state index in [4.69, 9.17) is 15.2 Å². The molecular formula is C22H24N2O7. The molecule has 4 N–H and O–H groups in total. The molecule has 2 aromatic rings. The van der Waals surface area contributed by atoms with Crippen LogP contribution in [-0.4, -0.2) is 41.0 Å². The smallest absolute Gasteiger partial charge is 0.326 e. The van der Waals surface area contributed by atoms with Gasteiger partial charge >= 0.3 is 17.9 Å². The molecule has 0 bridgehead atoms. The zero-order valence-corrected chi connectivity index (χ0v) is 17.2. The summed E-state index contributed by atoms with van der Waals surface area (Å²) in [5.41, 5.74) is 7.30. The fourth-order valence-corrected chi connectivity index (χ4v) is 2.78. The highest BCUT2D eigenvalue weighted by atomic mass is 16.5. The number of carboxylic acids is 1. The SMILES string of the molecule is CC(=O)Oc1ccc(C[C@H](NC(=O)[C@@H](N)Cc2ccc(OC(C)=O)cc2)C(=O)O)cc1. The monoisotopic (exact) mass is 428 g/mol. The maximum atomic E-state index is 12.4. The van der Waals surface area contributed by atoms with Crippen LogP contribution in [0.3, 0.4) is 0 Å². The van der Waals surface area contributed by atoms with Crippen LogP contribution < -0.4 is 20.5 Å². The lowest BCUT2D eigenvalue weighted by atomic mass is 10.0. The van der Waals surface area contributed by atoms with Crippen molar-refractivity contribution in [2.24, 2.45) is 5.73 Å². The van der Waals surface area contributed by atoms with Gasteiger partial charge in [0.25, 0.3) is 0 Å². The summed E-state index contributed by atoms with van der Waals surface area (Å²) in [7, 11) is 0. The molecule has 0 heterocycles. The van der Waals surface area contributed by atoms with Crippen molar-refractivity contribution in [3.05, 3.63) is 59.7 Å². The van der Waals surface area contributed by atoms with E-state index >= 15 is 0 Å². The molecule has 0 unspecified atom stereocenters. The first kappa shape index (κ1) is 23.6. The molecule has 2 aromatic carbocycles. The number of rotatable bonds is 9. The van der Waals surface area contributed by atoms with Gasteiger partial charge in [-0.15, -0.1) is 0 Å². The summed E-state index contributed by atoms with van der Waals surface area (Å²) in [5, 5.41) is 11.9. The van der Waals surface area contributed by atoms with Crippen LogP contribution in [0.4, 0.5) is 0 Å². The lowest BCUT2D eigenvalue weighted by Gasteiger charge is -2.18. The Kier molecular flexibility index (Phi) is 8.27. The molecule has 9 nitrogen and oxygen atoms in total. The molecule has 0 saturated carbocycles. The normalized spacial score (nSPS) is 12.4. The highest BCUT2D eigenvalue weighted by molar-refractivity contribution is 5.87. The Labute approximate surface area is 179 Å². The lowest BCUT2D eigenvalue weighted by Crippen LogP contribution is -2.50. The molecule has 31 heavy (non-hydrogen) atoms. The van der Waals surface area contributed by atoms with Crippen molar-refractivity contribution in [1.82, 2.24) is 5.32 Å². The van der Waals surface area contributed by atoms with E-state index in [9.17, 15) is 24.3 Å². The lowest BCUT2D eigenvalue weighted by molar-refractivity contribution is -0.142. The largest absolute Gasteiger partial charge is 0.480 e. The predicted molar refractivity (Wildman–Crippen MR) is 110 cm³/mol. The number of aliphatic carboxylic acids is 1. The molecule has 0 aliphatic heterocycles. The van der Waals surface area contributed by atoms with E-state index in [0.29, 0.717) is 17.1 Å². The maximum absolute atomic E-state index is 12.4. The number of ether oxygens (including phenoxy) is 2. The predicted octanol–water partition coefficient (Wildman–Crippen LogP) is 1.22. The number of hydrogen-bond donors (Lipinski definition) is 3. The maximum Gasteiger partial charge on any atom is 0.326 e. The number of esters is 2. The molecule has 2 atom stereocenters. The fourth-order valence-electron chi connectivity index (χ4n) is 2.78. The van der Waals surface area contributed by atoms with Gasteiger partial charge in [-0.2, -0.15) is 0 Å². The van der Waals surface area contributed by atoms with Crippen LogP contribution >= 0.6 is 0 Å². The average molecular weight is 428 g/mol. The Morgan fingerprint density at radius 2 is 1.26 bits per heavy atom. The summed E-state index contributed by atoms with van der Waals surface area (Å²) in [6, 6.07) is 10.7. The van der Waals surface area contributed by atoms with Gasteiger partial charge < -0.3 is 25.6 Å². The molecule has 1 amide bonds. The molecular weight excluding hydrogens is 404 g/mol. The molecule has 0 spiro atoms. The second kappa shape index (κ2) is 10.9. The number of carboxylic acid groups (broad SMARTS) is 1. The molecule has 0 aliphatic rings. The minimum Gasteiger partial charge on any atom is -0.480 e. The van der Waals surface area contributed by atoms with Gasteiger partial charge in [-0.25, -0.2) is 4.79 Å². The topological polar surface area (TPSA) is 145 Å². The summed E-state index contributed by atoms with van der Waals surface area (Å²) in [6.07, 6.45) is 0.209. The Balaban J connectivity index is 1.95. The van der Waals surface area contributed by atoms with Crippen LogP contribution in [0.15, 0.2) is 48.5 Å². The molecule has 0 aromatic heterocycles. The molecule has 0 radical (unpaired) electrons. The van der Waals surface area contributed by atoms with Gasteiger partial charge in [0.2, 0.25) is 5.91 Å². The number of nitrogens with two attached hydrogens (primary N) is 1. The zero-order chi connectivity index (χ0) is 23.0. The zero-order valence-electron chi connectivity index (χ0n) is 17.2. The number of benzene rings is 2. The third-order valence-electron chi connectivity index (χ3n) is 4.22. The molecule has 2 rings (SSSR count). The minimum atomic E-state index is -1.20. The van der Waals surface area contributed by atoms with E-state index in [-0.39, 0.29) is 12.8 Å². The molecule has 0 aliphatic carbocycles. The Morgan fingerprint density at radius 1 is 0.839 bits per heavy atom. The second-order valence-corrected chi connectivity index (χ2v) is 6.89. The van der Waals surface area contributed by atoms with Crippen LogP contribution in [-0.2, 0) is 32.0 Å². The summed E-state index contributed by atoms with van der Waals surface area (Å²) < 4.78 is 9.88. The van der Waals surface area contributed by atoms with E-state index in [1.807, 2.05) is 0 Å². The highest BCUT2D eigenvalue weighted by Crippen LogP contribution is 2.15. The molecule has 164 valence electrons. The first-order chi connectivity index (χ1) is 14.6. The average Bonchev–Trinajstić information content (AvgIpc) is 2.69. The minimum absolute atomic E-state index is 0.0330. The molecule has 9 heteroatoms. The van der Waals surface area contributed by atoms with Crippen LogP contribution in [0.5, 0.6) is 11.5 Å².